The van der Waals surface area contributed by atoms with E-state index >= 15 is 0 Å². The molecule has 5 rings (SSSR count). The predicted octanol–water partition coefficient (Wildman–Crippen LogP) is 7.09. The molecular weight excluding hydrogens is 356 g/mol. The smallest absolute Gasteiger partial charge is 0.144 e. The van der Waals surface area contributed by atoms with Crippen LogP contribution in [0.1, 0.15) is 32.0 Å². The summed E-state index contributed by atoms with van der Waals surface area (Å²) in [7, 11) is 0. The molecule has 0 atom stereocenters. The van der Waals surface area contributed by atoms with E-state index in [1.165, 1.54) is 5.56 Å². The van der Waals surface area contributed by atoms with Crippen LogP contribution in [0.3, 0.4) is 0 Å². The van der Waals surface area contributed by atoms with Gasteiger partial charge in [0, 0.05) is 33.6 Å². The van der Waals surface area contributed by atoms with Gasteiger partial charge in [-0.1, -0.05) is 32.9 Å². The van der Waals surface area contributed by atoms with Gasteiger partial charge in [0.05, 0.1) is 11.2 Å². The first-order valence-corrected chi connectivity index (χ1v) is 10.1. The number of aromatic nitrogens is 2. The summed E-state index contributed by atoms with van der Waals surface area (Å²) in [5, 5.41) is 3.28. The molecule has 0 unspecified atom stereocenters. The van der Waals surface area contributed by atoms with Crippen LogP contribution in [0, 0.1) is 12.3 Å². The molecule has 29 heavy (non-hydrogen) atoms. The monoisotopic (exact) mass is 380 g/mol. The van der Waals surface area contributed by atoms with Crippen molar-refractivity contribution in [2.45, 2.75) is 34.1 Å². The van der Waals surface area contributed by atoms with Crippen LogP contribution in [0.15, 0.2) is 65.2 Å². The van der Waals surface area contributed by atoms with Gasteiger partial charge in [-0.3, -0.25) is 9.97 Å². The maximum atomic E-state index is 6.45. The minimum Gasteiger partial charge on any atom is -0.455 e. The molecule has 0 amide bonds. The fourth-order valence-corrected chi connectivity index (χ4v) is 4.11. The van der Waals surface area contributed by atoms with Crippen LogP contribution in [0.4, 0.5) is 0 Å². The second-order valence-electron chi connectivity index (χ2n) is 9.03. The summed E-state index contributed by atoms with van der Waals surface area (Å²) in [4.78, 5) is 9.31. The first-order chi connectivity index (χ1) is 13.9. The molecule has 0 saturated heterocycles. The van der Waals surface area contributed by atoms with Crippen LogP contribution >= 0.6 is 0 Å². The Morgan fingerprint density at radius 3 is 2.48 bits per heavy atom. The standard InChI is InChI=1S/C26H24N2O/c1-16-8-9-21-22(28-16)11-10-19-18-6-5-7-20(24(18)29-25(19)21)23-14-17(12-13-27-23)15-26(2,3)4/h5-14H,15H2,1-4H3. The highest BCUT2D eigenvalue weighted by Crippen LogP contribution is 2.38. The van der Waals surface area contributed by atoms with Gasteiger partial charge >= 0.3 is 0 Å². The Morgan fingerprint density at radius 1 is 0.862 bits per heavy atom. The molecule has 2 aromatic carbocycles. The number of hydrogen-bond donors (Lipinski definition) is 0. The van der Waals surface area contributed by atoms with Gasteiger partial charge < -0.3 is 4.42 Å². The summed E-state index contributed by atoms with van der Waals surface area (Å²) in [6.07, 6.45) is 2.91. The Labute approximate surface area is 170 Å². The van der Waals surface area contributed by atoms with Crippen molar-refractivity contribution in [3.63, 3.8) is 0 Å². The van der Waals surface area contributed by atoms with Crippen LogP contribution in [0.5, 0.6) is 0 Å². The first kappa shape index (κ1) is 17.9. The molecule has 0 aliphatic heterocycles. The molecule has 0 bridgehead atoms. The molecule has 0 saturated carbocycles. The van der Waals surface area contributed by atoms with Crippen molar-refractivity contribution < 1.29 is 4.42 Å². The van der Waals surface area contributed by atoms with E-state index in [2.05, 4.69) is 79.3 Å². The molecule has 5 aromatic rings. The zero-order valence-corrected chi connectivity index (χ0v) is 17.3. The van der Waals surface area contributed by atoms with Crippen molar-refractivity contribution in [1.82, 2.24) is 9.97 Å². The SMILES string of the molecule is Cc1ccc2c(ccc3c4cccc(-c5cc(CC(C)(C)C)ccn5)c4oc23)n1. The molecule has 144 valence electrons. The van der Waals surface area contributed by atoms with Crippen LogP contribution in [0.25, 0.3) is 44.1 Å². The van der Waals surface area contributed by atoms with Crippen molar-refractivity contribution in [2.24, 2.45) is 5.41 Å². The van der Waals surface area contributed by atoms with E-state index in [1.807, 2.05) is 19.2 Å². The van der Waals surface area contributed by atoms with Gasteiger partial charge in [0.15, 0.2) is 0 Å². The Balaban J connectivity index is 1.74. The second kappa shape index (κ2) is 6.41. The fourth-order valence-electron chi connectivity index (χ4n) is 4.11. The Hall–Kier alpha value is -3.20. The van der Waals surface area contributed by atoms with Crippen LogP contribution in [0.2, 0.25) is 0 Å². The third kappa shape index (κ3) is 3.17. The van der Waals surface area contributed by atoms with E-state index in [1.54, 1.807) is 0 Å². The van der Waals surface area contributed by atoms with E-state index in [0.29, 0.717) is 0 Å². The summed E-state index contributed by atoms with van der Waals surface area (Å²) in [5.74, 6) is 0. The van der Waals surface area contributed by atoms with Gasteiger partial charge in [0.1, 0.15) is 11.2 Å². The maximum absolute atomic E-state index is 6.45. The lowest BCUT2D eigenvalue weighted by molar-refractivity contribution is 0.411. The Bertz CT molecular complexity index is 1370. The van der Waals surface area contributed by atoms with Gasteiger partial charge in [0.25, 0.3) is 0 Å². The minimum absolute atomic E-state index is 0.230. The van der Waals surface area contributed by atoms with Crippen molar-refractivity contribution in [3.05, 3.63) is 72.1 Å². The van der Waals surface area contributed by atoms with E-state index in [-0.39, 0.29) is 5.41 Å². The van der Waals surface area contributed by atoms with Crippen LogP contribution in [-0.2, 0) is 6.42 Å². The topological polar surface area (TPSA) is 38.9 Å². The molecule has 3 aromatic heterocycles. The first-order valence-electron chi connectivity index (χ1n) is 10.1. The van der Waals surface area contributed by atoms with Gasteiger partial charge in [-0.25, -0.2) is 0 Å². The number of pyridine rings is 2. The molecule has 0 N–H and O–H groups in total. The lowest BCUT2D eigenvalue weighted by atomic mass is 9.88. The van der Waals surface area contributed by atoms with E-state index < -0.39 is 0 Å². The number of benzene rings is 2. The third-order valence-electron chi connectivity index (χ3n) is 5.31. The molecule has 0 fully saturated rings. The Kier molecular flexibility index (Phi) is 3.95. The molecular formula is C26H24N2O. The molecule has 0 aliphatic carbocycles. The number of rotatable bonds is 2. The quantitative estimate of drug-likeness (QED) is 0.328. The Morgan fingerprint density at radius 2 is 1.66 bits per heavy atom. The molecule has 3 heterocycles. The van der Waals surface area contributed by atoms with Crippen molar-refractivity contribution in [2.75, 3.05) is 0 Å². The van der Waals surface area contributed by atoms with E-state index in [0.717, 1.165) is 56.2 Å². The van der Waals surface area contributed by atoms with Crippen LogP contribution < -0.4 is 0 Å². The zero-order chi connectivity index (χ0) is 20.2. The van der Waals surface area contributed by atoms with Crippen molar-refractivity contribution >= 4 is 32.8 Å². The van der Waals surface area contributed by atoms with Gasteiger partial charge in [-0.05, 0) is 66.8 Å². The lowest BCUT2D eigenvalue weighted by Crippen LogP contribution is -2.09. The number of nitrogens with zero attached hydrogens (tertiary/aromatic N) is 2. The highest BCUT2D eigenvalue weighted by Gasteiger charge is 2.17. The number of hydrogen-bond acceptors (Lipinski definition) is 3. The van der Waals surface area contributed by atoms with Crippen molar-refractivity contribution in [3.8, 4) is 11.3 Å². The maximum Gasteiger partial charge on any atom is 0.144 e. The third-order valence-corrected chi connectivity index (χ3v) is 5.31. The fraction of sp³-hybridized carbons (Fsp3) is 0.231. The molecule has 3 nitrogen and oxygen atoms in total. The largest absolute Gasteiger partial charge is 0.455 e. The van der Waals surface area contributed by atoms with Crippen LogP contribution in [-0.4, -0.2) is 9.97 Å². The predicted molar refractivity (Wildman–Crippen MR) is 120 cm³/mol. The average Bonchev–Trinajstić information content (AvgIpc) is 3.05. The molecule has 0 aliphatic rings. The summed E-state index contributed by atoms with van der Waals surface area (Å²) in [6, 6.07) is 18.9. The molecule has 3 heteroatoms. The minimum atomic E-state index is 0.230. The summed E-state index contributed by atoms with van der Waals surface area (Å²) in [6.45, 7) is 8.78. The van der Waals surface area contributed by atoms with Crippen molar-refractivity contribution in [1.29, 1.82) is 0 Å². The number of furan rings is 1. The number of para-hydroxylation sites is 1. The highest BCUT2D eigenvalue weighted by molar-refractivity contribution is 6.16. The van der Waals surface area contributed by atoms with Gasteiger partial charge in [-0.15, -0.1) is 0 Å². The second-order valence-corrected chi connectivity index (χ2v) is 9.03. The average molecular weight is 380 g/mol. The highest BCUT2D eigenvalue weighted by atomic mass is 16.3. The summed E-state index contributed by atoms with van der Waals surface area (Å²) < 4.78 is 6.45. The number of aryl methyl sites for hydroxylation is 1. The lowest BCUT2D eigenvalue weighted by Gasteiger charge is -2.18. The zero-order valence-electron chi connectivity index (χ0n) is 17.3. The van der Waals surface area contributed by atoms with Gasteiger partial charge in [0.2, 0.25) is 0 Å². The van der Waals surface area contributed by atoms with E-state index in [4.69, 9.17) is 4.42 Å². The molecule has 0 spiro atoms. The summed E-state index contributed by atoms with van der Waals surface area (Å²) >= 11 is 0. The van der Waals surface area contributed by atoms with E-state index in [9.17, 15) is 0 Å². The summed E-state index contributed by atoms with van der Waals surface area (Å²) in [5.41, 5.74) is 7.25. The molecule has 0 radical (unpaired) electrons. The number of fused-ring (bicyclic) bond motifs is 5. The normalized spacial score (nSPS) is 12.3. The van der Waals surface area contributed by atoms with Gasteiger partial charge in [-0.2, -0.15) is 0 Å².